The van der Waals surface area contributed by atoms with Crippen LogP contribution in [0.2, 0.25) is 0 Å². The molecule has 7 nitrogen and oxygen atoms in total. The van der Waals surface area contributed by atoms with Crippen molar-refractivity contribution in [3.8, 4) is 34.5 Å². The first-order valence-electron chi connectivity index (χ1n) is 6.77. The Morgan fingerprint density at radius 2 is 1.87 bits per heavy atom. The highest BCUT2D eigenvalue weighted by Gasteiger charge is 2.34. The zero-order valence-corrected chi connectivity index (χ0v) is 12.1. The van der Waals surface area contributed by atoms with Gasteiger partial charge in [0.1, 0.15) is 28.9 Å². The van der Waals surface area contributed by atoms with Crippen molar-refractivity contribution in [2.75, 3.05) is 7.11 Å². The van der Waals surface area contributed by atoms with Gasteiger partial charge in [-0.1, -0.05) is 0 Å². The number of carbonyl (C=O) groups is 1. The highest BCUT2D eigenvalue weighted by atomic mass is 16.5. The molecular weight excluding hydrogens is 304 g/mol. The normalized spacial score (nSPS) is 16.6. The predicted molar refractivity (Wildman–Crippen MR) is 78.4 cm³/mol. The Kier molecular flexibility index (Phi) is 3.40. The molecule has 0 unspecified atom stereocenters. The van der Waals surface area contributed by atoms with Gasteiger partial charge in [-0.15, -0.1) is 0 Å². The van der Waals surface area contributed by atoms with E-state index < -0.39 is 17.6 Å². The standard InChI is InChI=1S/C16H14O7/c1-22-16-11(20)6-13-14(15(16)21)10(19)5-12(23-13)8-4-7(17)2-3-9(8)18/h2-4,6,12,17-18,20-21H,5H2,1H3/t12-/m1/s1. The first-order chi connectivity index (χ1) is 10.9. The van der Waals surface area contributed by atoms with Gasteiger partial charge in [0, 0.05) is 11.6 Å². The third-order valence-electron chi connectivity index (χ3n) is 3.68. The molecule has 2 aromatic carbocycles. The highest BCUT2D eigenvalue weighted by Crippen LogP contribution is 2.49. The molecule has 0 radical (unpaired) electrons. The Balaban J connectivity index is 2.08. The molecule has 1 atom stereocenters. The monoisotopic (exact) mass is 318 g/mol. The van der Waals surface area contributed by atoms with Crippen molar-refractivity contribution in [1.29, 1.82) is 0 Å². The maximum Gasteiger partial charge on any atom is 0.203 e. The summed E-state index contributed by atoms with van der Waals surface area (Å²) >= 11 is 0. The molecule has 1 aliphatic heterocycles. The van der Waals surface area contributed by atoms with Gasteiger partial charge in [0.25, 0.3) is 0 Å². The fourth-order valence-electron chi connectivity index (χ4n) is 2.62. The van der Waals surface area contributed by atoms with Crippen LogP contribution in [0.4, 0.5) is 0 Å². The van der Waals surface area contributed by atoms with Crippen molar-refractivity contribution in [2.24, 2.45) is 0 Å². The zero-order valence-electron chi connectivity index (χ0n) is 12.1. The van der Waals surface area contributed by atoms with Crippen LogP contribution in [0.15, 0.2) is 24.3 Å². The smallest absolute Gasteiger partial charge is 0.203 e. The number of Topliss-reactive ketones (excluding diaryl/α,β-unsaturated/α-hetero) is 1. The van der Waals surface area contributed by atoms with E-state index in [0.717, 1.165) is 6.07 Å². The van der Waals surface area contributed by atoms with E-state index >= 15 is 0 Å². The van der Waals surface area contributed by atoms with Crippen LogP contribution in [0.25, 0.3) is 0 Å². The van der Waals surface area contributed by atoms with E-state index in [1.54, 1.807) is 0 Å². The first-order valence-corrected chi connectivity index (χ1v) is 6.77. The largest absolute Gasteiger partial charge is 0.508 e. The summed E-state index contributed by atoms with van der Waals surface area (Å²) in [5, 5.41) is 39.3. The highest BCUT2D eigenvalue weighted by molar-refractivity contribution is 6.03. The molecule has 0 aliphatic carbocycles. The third kappa shape index (κ3) is 2.36. The average Bonchev–Trinajstić information content (AvgIpc) is 2.49. The summed E-state index contributed by atoms with van der Waals surface area (Å²) < 4.78 is 10.5. The molecule has 4 N–H and O–H groups in total. The van der Waals surface area contributed by atoms with E-state index in [0.29, 0.717) is 0 Å². The van der Waals surface area contributed by atoms with Crippen LogP contribution in [0, 0.1) is 0 Å². The van der Waals surface area contributed by atoms with E-state index in [1.165, 1.54) is 25.3 Å². The Morgan fingerprint density at radius 1 is 1.13 bits per heavy atom. The molecule has 0 saturated carbocycles. The molecule has 23 heavy (non-hydrogen) atoms. The van der Waals surface area contributed by atoms with Crippen LogP contribution in [0.3, 0.4) is 0 Å². The van der Waals surface area contributed by atoms with Crippen LogP contribution >= 0.6 is 0 Å². The summed E-state index contributed by atoms with van der Waals surface area (Å²) in [5.41, 5.74) is 0.148. The number of carbonyl (C=O) groups excluding carboxylic acids is 1. The maximum atomic E-state index is 12.3. The van der Waals surface area contributed by atoms with Crippen molar-refractivity contribution < 1.29 is 34.7 Å². The first kappa shape index (κ1) is 14.8. The molecule has 0 bridgehead atoms. The summed E-state index contributed by atoms with van der Waals surface area (Å²) in [6.45, 7) is 0. The summed E-state index contributed by atoms with van der Waals surface area (Å²) in [4.78, 5) is 12.3. The van der Waals surface area contributed by atoms with E-state index in [-0.39, 0.29) is 46.3 Å². The number of phenolic OH excluding ortho intramolecular Hbond substituents is 4. The van der Waals surface area contributed by atoms with Crippen LogP contribution in [-0.4, -0.2) is 33.3 Å². The lowest BCUT2D eigenvalue weighted by Gasteiger charge is -2.27. The molecule has 120 valence electrons. The van der Waals surface area contributed by atoms with Crippen LogP contribution in [0.1, 0.15) is 28.4 Å². The molecule has 1 heterocycles. The molecule has 0 aromatic heterocycles. The number of hydrogen-bond acceptors (Lipinski definition) is 7. The minimum atomic E-state index is -0.853. The van der Waals surface area contributed by atoms with Crippen molar-refractivity contribution in [3.63, 3.8) is 0 Å². The molecular formula is C16H14O7. The summed E-state index contributed by atoms with van der Waals surface area (Å²) in [5.74, 6) is -1.76. The minimum Gasteiger partial charge on any atom is -0.508 e. The van der Waals surface area contributed by atoms with Gasteiger partial charge in [0.2, 0.25) is 5.75 Å². The number of benzene rings is 2. The SMILES string of the molecule is COc1c(O)cc2c(c1O)C(=O)C[C@H](c1cc(O)ccc1O)O2. The molecule has 0 fully saturated rings. The maximum absolute atomic E-state index is 12.3. The Bertz CT molecular complexity index is 798. The molecule has 0 amide bonds. The van der Waals surface area contributed by atoms with Crippen LogP contribution < -0.4 is 9.47 Å². The number of ether oxygens (including phenoxy) is 2. The van der Waals surface area contributed by atoms with Crippen LogP contribution in [-0.2, 0) is 0 Å². The van der Waals surface area contributed by atoms with Gasteiger partial charge in [-0.25, -0.2) is 0 Å². The predicted octanol–water partition coefficient (Wildman–Crippen LogP) is 2.22. The van der Waals surface area contributed by atoms with Crippen molar-refractivity contribution in [2.45, 2.75) is 12.5 Å². The van der Waals surface area contributed by atoms with Gasteiger partial charge in [0.15, 0.2) is 17.3 Å². The summed E-state index contributed by atoms with van der Waals surface area (Å²) in [7, 11) is 1.25. The number of ketones is 1. The van der Waals surface area contributed by atoms with Gasteiger partial charge >= 0.3 is 0 Å². The number of methoxy groups -OCH3 is 1. The van der Waals surface area contributed by atoms with Crippen molar-refractivity contribution in [1.82, 2.24) is 0 Å². The molecule has 7 heteroatoms. The van der Waals surface area contributed by atoms with E-state index in [1.807, 2.05) is 0 Å². The Hall–Kier alpha value is -3.09. The number of hydrogen-bond donors (Lipinski definition) is 4. The zero-order chi connectivity index (χ0) is 16.7. The fraction of sp³-hybridized carbons (Fsp3) is 0.188. The number of phenols is 4. The Labute approximate surface area is 131 Å². The second-order valence-corrected chi connectivity index (χ2v) is 5.13. The van der Waals surface area contributed by atoms with Gasteiger partial charge in [-0.05, 0) is 18.2 Å². The van der Waals surface area contributed by atoms with Crippen molar-refractivity contribution >= 4 is 5.78 Å². The second kappa shape index (κ2) is 5.28. The molecule has 0 spiro atoms. The second-order valence-electron chi connectivity index (χ2n) is 5.13. The lowest BCUT2D eigenvalue weighted by molar-refractivity contribution is 0.0840. The van der Waals surface area contributed by atoms with Gasteiger partial charge in [-0.2, -0.15) is 0 Å². The Morgan fingerprint density at radius 3 is 2.57 bits per heavy atom. The quantitative estimate of drug-likeness (QED) is 0.627. The van der Waals surface area contributed by atoms with Gasteiger partial charge in [0.05, 0.1) is 13.5 Å². The summed E-state index contributed by atoms with van der Waals surface area (Å²) in [6.07, 6.45) is -1.000. The van der Waals surface area contributed by atoms with E-state index in [9.17, 15) is 25.2 Å². The number of aromatic hydroxyl groups is 4. The molecule has 3 rings (SSSR count). The van der Waals surface area contributed by atoms with Gasteiger partial charge in [-0.3, -0.25) is 4.79 Å². The molecule has 1 aliphatic rings. The lowest BCUT2D eigenvalue weighted by Crippen LogP contribution is -2.20. The average molecular weight is 318 g/mol. The molecule has 2 aromatic rings. The van der Waals surface area contributed by atoms with E-state index in [2.05, 4.69) is 0 Å². The minimum absolute atomic E-state index is 0.0233. The fourth-order valence-corrected chi connectivity index (χ4v) is 2.62. The van der Waals surface area contributed by atoms with Gasteiger partial charge < -0.3 is 29.9 Å². The number of fused-ring (bicyclic) bond motifs is 1. The topological polar surface area (TPSA) is 116 Å². The lowest BCUT2D eigenvalue weighted by atomic mass is 9.94. The number of rotatable bonds is 2. The summed E-state index contributed by atoms with van der Waals surface area (Å²) in [6, 6.07) is 5.05. The third-order valence-corrected chi connectivity index (χ3v) is 3.68. The van der Waals surface area contributed by atoms with E-state index in [4.69, 9.17) is 9.47 Å². The molecule has 0 saturated heterocycles. The van der Waals surface area contributed by atoms with Crippen molar-refractivity contribution in [3.05, 3.63) is 35.4 Å². The van der Waals surface area contributed by atoms with Crippen LogP contribution in [0.5, 0.6) is 34.5 Å².